The summed E-state index contributed by atoms with van der Waals surface area (Å²) in [4.78, 5) is 3.23. The number of nitriles is 1. The number of benzene rings is 1. The van der Waals surface area contributed by atoms with Gasteiger partial charge in [-0.05, 0) is 30.0 Å². The molecule has 0 atom stereocenters. The van der Waals surface area contributed by atoms with E-state index in [1.165, 1.54) is 5.56 Å². The van der Waals surface area contributed by atoms with Gasteiger partial charge in [-0.3, -0.25) is 0 Å². The van der Waals surface area contributed by atoms with Gasteiger partial charge in [0.2, 0.25) is 0 Å². The summed E-state index contributed by atoms with van der Waals surface area (Å²) >= 11 is 0. The van der Waals surface area contributed by atoms with Gasteiger partial charge in [0.15, 0.2) is 0 Å². The van der Waals surface area contributed by atoms with E-state index in [-0.39, 0.29) is 5.41 Å². The van der Waals surface area contributed by atoms with Crippen molar-refractivity contribution < 1.29 is 0 Å². The molecular formula is C14H16N2. The standard InChI is InChI=1S/C14H16N2/c1-9-12(8-15)11-7-10(14(2,3)4)5-6-13(11)16-9/h5-7,16H,1-4H3. The van der Waals surface area contributed by atoms with Crippen LogP contribution < -0.4 is 0 Å². The van der Waals surface area contributed by atoms with Gasteiger partial charge in [0.1, 0.15) is 6.07 Å². The Morgan fingerprint density at radius 2 is 1.94 bits per heavy atom. The molecule has 0 aliphatic rings. The van der Waals surface area contributed by atoms with Crippen LogP contribution in [-0.2, 0) is 5.41 Å². The Morgan fingerprint density at radius 1 is 1.25 bits per heavy atom. The van der Waals surface area contributed by atoms with E-state index in [0.717, 1.165) is 22.2 Å². The maximum atomic E-state index is 9.13. The van der Waals surface area contributed by atoms with Crippen LogP contribution in [0, 0.1) is 18.3 Å². The Hall–Kier alpha value is -1.75. The molecule has 16 heavy (non-hydrogen) atoms. The summed E-state index contributed by atoms with van der Waals surface area (Å²) in [5.41, 5.74) is 4.13. The molecule has 0 aliphatic heterocycles. The summed E-state index contributed by atoms with van der Waals surface area (Å²) < 4.78 is 0. The minimum atomic E-state index is 0.117. The first-order chi connectivity index (χ1) is 7.43. The molecule has 2 aromatic rings. The van der Waals surface area contributed by atoms with Gasteiger partial charge in [-0.2, -0.15) is 5.26 Å². The molecule has 0 unspecified atom stereocenters. The number of aromatic nitrogens is 1. The molecule has 0 aliphatic carbocycles. The molecule has 0 saturated heterocycles. The fraction of sp³-hybridized carbons (Fsp3) is 0.357. The Morgan fingerprint density at radius 3 is 2.50 bits per heavy atom. The van der Waals surface area contributed by atoms with Crippen LogP contribution in [-0.4, -0.2) is 4.98 Å². The zero-order valence-electron chi connectivity index (χ0n) is 10.2. The normalized spacial score (nSPS) is 11.7. The highest BCUT2D eigenvalue weighted by Crippen LogP contribution is 2.28. The first-order valence-corrected chi connectivity index (χ1v) is 5.46. The molecule has 1 aromatic heterocycles. The SMILES string of the molecule is Cc1[nH]c2ccc(C(C)(C)C)cc2c1C#N. The highest BCUT2D eigenvalue weighted by Gasteiger charge is 2.16. The van der Waals surface area contributed by atoms with Crippen molar-refractivity contribution in [1.82, 2.24) is 4.98 Å². The number of H-pyrrole nitrogens is 1. The summed E-state index contributed by atoms with van der Waals surface area (Å²) in [5.74, 6) is 0. The van der Waals surface area contributed by atoms with Crippen LogP contribution in [0.25, 0.3) is 10.9 Å². The van der Waals surface area contributed by atoms with Crippen LogP contribution in [0.1, 0.15) is 37.6 Å². The van der Waals surface area contributed by atoms with Gasteiger partial charge >= 0.3 is 0 Å². The van der Waals surface area contributed by atoms with E-state index in [4.69, 9.17) is 5.26 Å². The molecule has 0 radical (unpaired) electrons. The zero-order chi connectivity index (χ0) is 11.9. The number of hydrogen-bond donors (Lipinski definition) is 1. The van der Waals surface area contributed by atoms with Gasteiger partial charge < -0.3 is 4.98 Å². The molecule has 2 heteroatoms. The number of nitrogens with zero attached hydrogens (tertiary/aromatic N) is 1. The molecule has 82 valence electrons. The Bertz CT molecular complexity index is 577. The van der Waals surface area contributed by atoms with E-state index in [1.807, 2.05) is 6.92 Å². The van der Waals surface area contributed by atoms with Gasteiger partial charge in [0.05, 0.1) is 5.56 Å². The largest absolute Gasteiger partial charge is 0.358 e. The zero-order valence-corrected chi connectivity index (χ0v) is 10.2. The van der Waals surface area contributed by atoms with Crippen LogP contribution in [0.15, 0.2) is 18.2 Å². The van der Waals surface area contributed by atoms with Crippen molar-refractivity contribution in [3.8, 4) is 6.07 Å². The smallest absolute Gasteiger partial charge is 0.102 e. The molecular weight excluding hydrogens is 196 g/mol. The predicted molar refractivity (Wildman–Crippen MR) is 66.5 cm³/mol. The monoisotopic (exact) mass is 212 g/mol. The summed E-state index contributed by atoms with van der Waals surface area (Å²) in [6.07, 6.45) is 0. The average Bonchev–Trinajstić information content (AvgIpc) is 2.50. The lowest BCUT2D eigenvalue weighted by Crippen LogP contribution is -2.10. The number of fused-ring (bicyclic) bond motifs is 1. The Kier molecular flexibility index (Phi) is 2.27. The maximum absolute atomic E-state index is 9.13. The van der Waals surface area contributed by atoms with Gasteiger partial charge in [0.25, 0.3) is 0 Å². The minimum absolute atomic E-state index is 0.117. The second-order valence-electron chi connectivity index (χ2n) is 5.25. The molecule has 0 bridgehead atoms. The van der Waals surface area contributed by atoms with Crippen LogP contribution in [0.5, 0.6) is 0 Å². The quantitative estimate of drug-likeness (QED) is 0.711. The minimum Gasteiger partial charge on any atom is -0.358 e. The van der Waals surface area contributed by atoms with E-state index in [2.05, 4.69) is 50.0 Å². The molecule has 2 nitrogen and oxygen atoms in total. The fourth-order valence-electron chi connectivity index (χ4n) is 1.94. The summed E-state index contributed by atoms with van der Waals surface area (Å²) in [5, 5.41) is 10.2. The van der Waals surface area contributed by atoms with Crippen molar-refractivity contribution in [3.63, 3.8) is 0 Å². The lowest BCUT2D eigenvalue weighted by molar-refractivity contribution is 0.591. The lowest BCUT2D eigenvalue weighted by atomic mass is 9.86. The second kappa shape index (κ2) is 3.38. The molecule has 1 heterocycles. The highest BCUT2D eigenvalue weighted by molar-refractivity contribution is 5.87. The maximum Gasteiger partial charge on any atom is 0.102 e. The Balaban J connectivity index is 2.75. The van der Waals surface area contributed by atoms with Crippen molar-refractivity contribution in [2.45, 2.75) is 33.1 Å². The number of aryl methyl sites for hydroxylation is 1. The van der Waals surface area contributed by atoms with E-state index < -0.39 is 0 Å². The molecule has 2 rings (SSSR count). The summed E-state index contributed by atoms with van der Waals surface area (Å²) in [6.45, 7) is 8.48. The topological polar surface area (TPSA) is 39.6 Å². The third-order valence-corrected chi connectivity index (χ3v) is 2.96. The van der Waals surface area contributed by atoms with Gasteiger partial charge in [-0.15, -0.1) is 0 Å². The second-order valence-corrected chi connectivity index (χ2v) is 5.25. The Labute approximate surface area is 95.9 Å². The molecule has 1 N–H and O–H groups in total. The van der Waals surface area contributed by atoms with Crippen molar-refractivity contribution in [3.05, 3.63) is 35.0 Å². The number of rotatable bonds is 0. The van der Waals surface area contributed by atoms with Gasteiger partial charge in [-0.25, -0.2) is 0 Å². The van der Waals surface area contributed by atoms with Crippen LogP contribution >= 0.6 is 0 Å². The first kappa shape index (κ1) is 10.8. The summed E-state index contributed by atoms with van der Waals surface area (Å²) in [7, 11) is 0. The van der Waals surface area contributed by atoms with E-state index in [9.17, 15) is 0 Å². The lowest BCUT2D eigenvalue weighted by Gasteiger charge is -2.18. The van der Waals surface area contributed by atoms with Crippen molar-refractivity contribution >= 4 is 10.9 Å². The molecule has 1 aromatic carbocycles. The average molecular weight is 212 g/mol. The first-order valence-electron chi connectivity index (χ1n) is 5.46. The van der Waals surface area contributed by atoms with Crippen molar-refractivity contribution in [1.29, 1.82) is 5.26 Å². The van der Waals surface area contributed by atoms with Crippen LogP contribution in [0.3, 0.4) is 0 Å². The van der Waals surface area contributed by atoms with Crippen molar-refractivity contribution in [2.24, 2.45) is 0 Å². The van der Waals surface area contributed by atoms with Crippen LogP contribution in [0.4, 0.5) is 0 Å². The van der Waals surface area contributed by atoms with E-state index in [1.54, 1.807) is 0 Å². The van der Waals surface area contributed by atoms with E-state index >= 15 is 0 Å². The third-order valence-electron chi connectivity index (χ3n) is 2.96. The fourth-order valence-corrected chi connectivity index (χ4v) is 1.94. The number of hydrogen-bond acceptors (Lipinski definition) is 1. The predicted octanol–water partition coefficient (Wildman–Crippen LogP) is 3.65. The van der Waals surface area contributed by atoms with E-state index in [0.29, 0.717) is 0 Å². The molecule has 0 saturated carbocycles. The van der Waals surface area contributed by atoms with Crippen molar-refractivity contribution in [2.75, 3.05) is 0 Å². The third kappa shape index (κ3) is 1.59. The van der Waals surface area contributed by atoms with Gasteiger partial charge in [-0.1, -0.05) is 26.8 Å². The number of aromatic amines is 1. The molecule has 0 spiro atoms. The molecule has 0 amide bonds. The highest BCUT2D eigenvalue weighted by atomic mass is 14.7. The van der Waals surface area contributed by atoms with Gasteiger partial charge in [0, 0.05) is 16.6 Å². The molecule has 0 fully saturated rings. The summed E-state index contributed by atoms with van der Waals surface area (Å²) in [6, 6.07) is 8.57. The number of nitrogens with one attached hydrogen (secondary N) is 1. The van der Waals surface area contributed by atoms with Crippen LogP contribution in [0.2, 0.25) is 0 Å².